The minimum atomic E-state index is 0.187. The Morgan fingerprint density at radius 2 is 1.86 bits per heavy atom. The fourth-order valence-corrected chi connectivity index (χ4v) is 4.46. The van der Waals surface area contributed by atoms with Gasteiger partial charge in [-0.25, -0.2) is 0 Å². The Kier molecular flexibility index (Phi) is 6.04. The lowest BCUT2D eigenvalue weighted by atomic mass is 10.1. The number of carbonyl (C=O) groups is 1. The van der Waals surface area contributed by atoms with E-state index in [0.717, 1.165) is 66.9 Å². The molecular formula is C20H26N4O3S. The number of nitrogens with zero attached hydrogens (tertiary/aromatic N) is 4. The average molecular weight is 403 g/mol. The standard InChI is InChI=1S/C20H26N4O3S/c1-2-24-19(15-7-8-16-17(13-15)27-12-6-11-26-16)21-22-20(24)28-14-18(25)23-9-4-3-5-10-23/h7-8,13H,2-6,9-12,14H2,1H3. The van der Waals surface area contributed by atoms with E-state index >= 15 is 0 Å². The van der Waals surface area contributed by atoms with Gasteiger partial charge in [0.2, 0.25) is 5.91 Å². The van der Waals surface area contributed by atoms with Gasteiger partial charge in [0, 0.05) is 31.6 Å². The van der Waals surface area contributed by atoms with Gasteiger partial charge < -0.3 is 18.9 Å². The van der Waals surface area contributed by atoms with Gasteiger partial charge in [0.05, 0.1) is 19.0 Å². The summed E-state index contributed by atoms with van der Waals surface area (Å²) < 4.78 is 13.6. The maximum atomic E-state index is 12.5. The van der Waals surface area contributed by atoms with Crippen LogP contribution in [0.25, 0.3) is 11.4 Å². The van der Waals surface area contributed by atoms with Gasteiger partial charge in [-0.2, -0.15) is 0 Å². The van der Waals surface area contributed by atoms with Crippen molar-refractivity contribution in [3.8, 4) is 22.9 Å². The number of benzene rings is 1. The molecule has 1 fully saturated rings. The first-order chi connectivity index (χ1) is 13.8. The van der Waals surface area contributed by atoms with Crippen LogP contribution in [0, 0.1) is 0 Å². The number of piperidine rings is 1. The number of ether oxygens (including phenoxy) is 2. The summed E-state index contributed by atoms with van der Waals surface area (Å²) in [4.78, 5) is 14.4. The predicted octanol–water partition coefficient (Wildman–Crippen LogP) is 3.23. The first kappa shape index (κ1) is 19.1. The zero-order valence-electron chi connectivity index (χ0n) is 16.2. The molecule has 7 nitrogen and oxygen atoms in total. The molecule has 0 saturated carbocycles. The van der Waals surface area contributed by atoms with Gasteiger partial charge in [0.25, 0.3) is 0 Å². The van der Waals surface area contributed by atoms with Crippen LogP contribution in [0.4, 0.5) is 0 Å². The van der Waals surface area contributed by atoms with Crippen molar-refractivity contribution in [2.75, 3.05) is 32.1 Å². The van der Waals surface area contributed by atoms with E-state index in [2.05, 4.69) is 17.1 Å². The quantitative estimate of drug-likeness (QED) is 0.715. The van der Waals surface area contributed by atoms with Crippen LogP contribution in [-0.2, 0) is 11.3 Å². The van der Waals surface area contributed by atoms with Crippen molar-refractivity contribution >= 4 is 17.7 Å². The number of carbonyl (C=O) groups excluding carboxylic acids is 1. The van der Waals surface area contributed by atoms with E-state index in [1.54, 1.807) is 0 Å². The monoisotopic (exact) mass is 402 g/mol. The Hall–Kier alpha value is -2.22. The molecule has 0 radical (unpaired) electrons. The van der Waals surface area contributed by atoms with E-state index in [9.17, 15) is 4.79 Å². The lowest BCUT2D eigenvalue weighted by Gasteiger charge is -2.26. The smallest absolute Gasteiger partial charge is 0.233 e. The fraction of sp³-hybridized carbons (Fsp3) is 0.550. The SMILES string of the molecule is CCn1c(SCC(=O)N2CCCCC2)nnc1-c1ccc2c(c1)OCCCO2. The highest BCUT2D eigenvalue weighted by Crippen LogP contribution is 2.34. The van der Waals surface area contributed by atoms with Crippen LogP contribution >= 0.6 is 11.8 Å². The molecule has 0 spiro atoms. The van der Waals surface area contributed by atoms with Crippen molar-refractivity contribution in [2.45, 2.75) is 44.3 Å². The lowest BCUT2D eigenvalue weighted by Crippen LogP contribution is -2.36. The molecule has 1 saturated heterocycles. The normalized spacial score (nSPS) is 16.7. The third kappa shape index (κ3) is 4.11. The molecule has 8 heteroatoms. The van der Waals surface area contributed by atoms with Gasteiger partial charge in [-0.1, -0.05) is 11.8 Å². The number of amides is 1. The van der Waals surface area contributed by atoms with Gasteiger partial charge in [0.15, 0.2) is 22.5 Å². The fourth-order valence-electron chi connectivity index (χ4n) is 3.56. The number of hydrogen-bond acceptors (Lipinski definition) is 6. The molecular weight excluding hydrogens is 376 g/mol. The maximum Gasteiger partial charge on any atom is 0.233 e. The van der Waals surface area contributed by atoms with Crippen LogP contribution in [0.3, 0.4) is 0 Å². The summed E-state index contributed by atoms with van der Waals surface area (Å²) in [6, 6.07) is 5.87. The van der Waals surface area contributed by atoms with Gasteiger partial charge >= 0.3 is 0 Å². The Bertz CT molecular complexity index is 833. The van der Waals surface area contributed by atoms with Crippen molar-refractivity contribution in [1.82, 2.24) is 19.7 Å². The van der Waals surface area contributed by atoms with Crippen LogP contribution < -0.4 is 9.47 Å². The molecule has 28 heavy (non-hydrogen) atoms. The van der Waals surface area contributed by atoms with E-state index in [0.29, 0.717) is 19.0 Å². The number of thioether (sulfide) groups is 1. The number of fused-ring (bicyclic) bond motifs is 1. The first-order valence-corrected chi connectivity index (χ1v) is 11.0. The molecule has 3 heterocycles. The minimum absolute atomic E-state index is 0.187. The Balaban J connectivity index is 1.49. The topological polar surface area (TPSA) is 69.5 Å². The van der Waals surface area contributed by atoms with Crippen molar-refractivity contribution in [2.24, 2.45) is 0 Å². The Labute approximate surface area is 169 Å². The molecule has 2 aliphatic heterocycles. The maximum absolute atomic E-state index is 12.5. The Morgan fingerprint density at radius 3 is 2.64 bits per heavy atom. The average Bonchev–Trinajstić information content (AvgIpc) is 3.01. The molecule has 0 N–H and O–H groups in total. The second-order valence-corrected chi connectivity index (χ2v) is 7.94. The third-order valence-electron chi connectivity index (χ3n) is 5.07. The summed E-state index contributed by atoms with van der Waals surface area (Å²) in [6.07, 6.45) is 4.31. The van der Waals surface area contributed by atoms with Crippen LogP contribution in [0.1, 0.15) is 32.6 Å². The second kappa shape index (κ2) is 8.86. The molecule has 0 aliphatic carbocycles. The number of likely N-dealkylation sites (tertiary alicyclic amines) is 1. The van der Waals surface area contributed by atoms with Crippen molar-refractivity contribution in [1.29, 1.82) is 0 Å². The predicted molar refractivity (Wildman–Crippen MR) is 108 cm³/mol. The van der Waals surface area contributed by atoms with E-state index in [1.807, 2.05) is 27.7 Å². The van der Waals surface area contributed by atoms with Crippen LogP contribution in [0.2, 0.25) is 0 Å². The summed E-state index contributed by atoms with van der Waals surface area (Å²) in [6.45, 7) is 5.87. The van der Waals surface area contributed by atoms with E-state index < -0.39 is 0 Å². The van der Waals surface area contributed by atoms with Crippen molar-refractivity contribution in [3.05, 3.63) is 18.2 Å². The van der Waals surface area contributed by atoms with Crippen LogP contribution in [-0.4, -0.2) is 57.6 Å². The largest absolute Gasteiger partial charge is 0.490 e. The summed E-state index contributed by atoms with van der Waals surface area (Å²) in [5, 5.41) is 9.51. The van der Waals surface area contributed by atoms with Crippen LogP contribution in [0.15, 0.2) is 23.4 Å². The lowest BCUT2D eigenvalue weighted by molar-refractivity contribution is -0.129. The number of rotatable bonds is 5. The molecule has 1 aromatic heterocycles. The first-order valence-electron chi connectivity index (χ1n) is 10.00. The Morgan fingerprint density at radius 1 is 1.07 bits per heavy atom. The highest BCUT2D eigenvalue weighted by Gasteiger charge is 2.20. The molecule has 0 bridgehead atoms. The summed E-state index contributed by atoms with van der Waals surface area (Å²) in [7, 11) is 0. The van der Waals surface area contributed by atoms with Gasteiger partial charge in [-0.05, 0) is 44.4 Å². The van der Waals surface area contributed by atoms with Crippen LogP contribution in [0.5, 0.6) is 11.5 Å². The molecule has 1 amide bonds. The third-order valence-corrected chi connectivity index (χ3v) is 6.02. The van der Waals surface area contributed by atoms with Gasteiger partial charge in [-0.3, -0.25) is 4.79 Å². The molecule has 2 aromatic rings. The van der Waals surface area contributed by atoms with Gasteiger partial charge in [0.1, 0.15) is 0 Å². The zero-order valence-corrected chi connectivity index (χ0v) is 17.0. The molecule has 4 rings (SSSR count). The molecule has 2 aliphatic rings. The second-order valence-electron chi connectivity index (χ2n) is 6.99. The summed E-state index contributed by atoms with van der Waals surface area (Å²) in [5.74, 6) is 2.89. The number of aromatic nitrogens is 3. The molecule has 0 unspecified atom stereocenters. The number of hydrogen-bond donors (Lipinski definition) is 0. The van der Waals surface area contributed by atoms with Crippen molar-refractivity contribution in [3.63, 3.8) is 0 Å². The molecule has 1 aromatic carbocycles. The van der Waals surface area contributed by atoms with E-state index in [-0.39, 0.29) is 5.91 Å². The minimum Gasteiger partial charge on any atom is -0.490 e. The van der Waals surface area contributed by atoms with E-state index in [4.69, 9.17) is 9.47 Å². The van der Waals surface area contributed by atoms with E-state index in [1.165, 1.54) is 18.2 Å². The highest BCUT2D eigenvalue weighted by molar-refractivity contribution is 7.99. The van der Waals surface area contributed by atoms with Gasteiger partial charge in [-0.15, -0.1) is 10.2 Å². The highest BCUT2D eigenvalue weighted by atomic mass is 32.2. The molecule has 150 valence electrons. The van der Waals surface area contributed by atoms with Crippen molar-refractivity contribution < 1.29 is 14.3 Å². The molecule has 0 atom stereocenters. The zero-order chi connectivity index (χ0) is 19.3. The summed E-state index contributed by atoms with van der Waals surface area (Å²) >= 11 is 1.46. The summed E-state index contributed by atoms with van der Waals surface area (Å²) in [5.41, 5.74) is 0.938.